The summed E-state index contributed by atoms with van der Waals surface area (Å²) in [6, 6.07) is 4.33. The van der Waals surface area contributed by atoms with Crippen LogP contribution in [0.5, 0.6) is 5.75 Å². The molecule has 100 valence electrons. The Morgan fingerprint density at radius 3 is 2.50 bits per heavy atom. The van der Waals surface area contributed by atoms with Crippen molar-refractivity contribution in [3.63, 3.8) is 0 Å². The average molecular weight is 312 g/mol. The Hall–Kier alpha value is -0.540. The van der Waals surface area contributed by atoms with Gasteiger partial charge in [0.25, 0.3) is 0 Å². The van der Waals surface area contributed by atoms with Gasteiger partial charge in [-0.05, 0) is 59.0 Å². The van der Waals surface area contributed by atoms with Gasteiger partial charge < -0.3 is 10.5 Å². The first-order valence-corrected chi connectivity index (χ1v) is 7.47. The Bertz CT molecular complexity index is 425. The molecule has 0 aliphatic heterocycles. The SMILES string of the molecule is COc1cc(C)c(C2(CN)CCCCC2)cc1Br. The molecule has 18 heavy (non-hydrogen) atoms. The molecule has 2 nitrogen and oxygen atoms in total. The molecular formula is C15H22BrNO. The van der Waals surface area contributed by atoms with Crippen molar-refractivity contribution < 1.29 is 4.74 Å². The number of methoxy groups -OCH3 is 1. The Labute approximate surface area is 118 Å². The topological polar surface area (TPSA) is 35.2 Å². The van der Waals surface area contributed by atoms with Gasteiger partial charge in [0.2, 0.25) is 0 Å². The molecule has 0 aromatic heterocycles. The lowest BCUT2D eigenvalue weighted by molar-refractivity contribution is 0.299. The Morgan fingerprint density at radius 1 is 1.28 bits per heavy atom. The fourth-order valence-corrected chi connectivity index (χ4v) is 3.70. The van der Waals surface area contributed by atoms with E-state index in [1.54, 1.807) is 7.11 Å². The van der Waals surface area contributed by atoms with Crippen molar-refractivity contribution in [3.05, 3.63) is 27.7 Å². The molecule has 1 aromatic rings. The fourth-order valence-electron chi connectivity index (χ4n) is 3.19. The summed E-state index contributed by atoms with van der Waals surface area (Å²) in [5, 5.41) is 0. The third-order valence-corrected chi connectivity index (χ3v) is 4.89. The van der Waals surface area contributed by atoms with E-state index >= 15 is 0 Å². The van der Waals surface area contributed by atoms with Crippen LogP contribution in [0.4, 0.5) is 0 Å². The molecule has 1 fully saturated rings. The van der Waals surface area contributed by atoms with Crippen LogP contribution in [0, 0.1) is 6.92 Å². The molecule has 1 saturated carbocycles. The van der Waals surface area contributed by atoms with Crippen LogP contribution in [0.3, 0.4) is 0 Å². The molecule has 0 spiro atoms. The van der Waals surface area contributed by atoms with Crippen molar-refractivity contribution in [3.8, 4) is 5.75 Å². The quantitative estimate of drug-likeness (QED) is 0.918. The van der Waals surface area contributed by atoms with Gasteiger partial charge in [0.15, 0.2) is 0 Å². The molecule has 0 heterocycles. The summed E-state index contributed by atoms with van der Waals surface area (Å²) in [5.74, 6) is 0.902. The van der Waals surface area contributed by atoms with E-state index in [2.05, 4.69) is 35.0 Å². The number of benzene rings is 1. The molecule has 3 heteroatoms. The summed E-state index contributed by atoms with van der Waals surface area (Å²) >= 11 is 3.60. The van der Waals surface area contributed by atoms with Crippen molar-refractivity contribution >= 4 is 15.9 Å². The van der Waals surface area contributed by atoms with Gasteiger partial charge in [0.1, 0.15) is 5.75 Å². The zero-order valence-electron chi connectivity index (χ0n) is 11.3. The Morgan fingerprint density at radius 2 is 1.94 bits per heavy atom. The summed E-state index contributed by atoms with van der Waals surface area (Å²) < 4.78 is 6.39. The molecule has 0 amide bonds. The summed E-state index contributed by atoms with van der Waals surface area (Å²) in [5.41, 5.74) is 8.99. The highest BCUT2D eigenvalue weighted by atomic mass is 79.9. The van der Waals surface area contributed by atoms with Gasteiger partial charge in [-0.3, -0.25) is 0 Å². The number of rotatable bonds is 3. The molecule has 1 aromatic carbocycles. The number of nitrogens with two attached hydrogens (primary N) is 1. The number of aryl methyl sites for hydroxylation is 1. The highest BCUT2D eigenvalue weighted by Gasteiger charge is 2.34. The van der Waals surface area contributed by atoms with E-state index < -0.39 is 0 Å². The van der Waals surface area contributed by atoms with Crippen molar-refractivity contribution in [2.75, 3.05) is 13.7 Å². The predicted molar refractivity (Wildman–Crippen MR) is 79.2 cm³/mol. The van der Waals surface area contributed by atoms with Gasteiger partial charge in [-0.1, -0.05) is 19.3 Å². The lowest BCUT2D eigenvalue weighted by Crippen LogP contribution is -2.37. The maximum atomic E-state index is 6.11. The van der Waals surface area contributed by atoms with Crippen LogP contribution >= 0.6 is 15.9 Å². The van der Waals surface area contributed by atoms with Crippen LogP contribution < -0.4 is 10.5 Å². The van der Waals surface area contributed by atoms with Crippen molar-refractivity contribution in [2.24, 2.45) is 5.73 Å². The average Bonchev–Trinajstić information content (AvgIpc) is 2.41. The third-order valence-electron chi connectivity index (χ3n) is 4.27. The molecule has 1 aliphatic rings. The summed E-state index contributed by atoms with van der Waals surface area (Å²) in [6.07, 6.45) is 6.35. The second kappa shape index (κ2) is 5.62. The largest absolute Gasteiger partial charge is 0.496 e. The zero-order valence-corrected chi connectivity index (χ0v) is 12.8. The van der Waals surface area contributed by atoms with Gasteiger partial charge in [-0.2, -0.15) is 0 Å². The molecular weight excluding hydrogens is 290 g/mol. The van der Waals surface area contributed by atoms with Crippen LogP contribution in [0.2, 0.25) is 0 Å². The minimum atomic E-state index is 0.178. The molecule has 0 saturated heterocycles. The van der Waals surface area contributed by atoms with Crippen molar-refractivity contribution in [1.82, 2.24) is 0 Å². The molecule has 0 atom stereocenters. The van der Waals surface area contributed by atoms with Gasteiger partial charge in [0.05, 0.1) is 11.6 Å². The minimum absolute atomic E-state index is 0.178. The van der Waals surface area contributed by atoms with Crippen molar-refractivity contribution in [1.29, 1.82) is 0 Å². The smallest absolute Gasteiger partial charge is 0.133 e. The van der Waals surface area contributed by atoms with Crippen LogP contribution in [0.1, 0.15) is 43.2 Å². The van der Waals surface area contributed by atoms with Gasteiger partial charge in [0, 0.05) is 12.0 Å². The summed E-state index contributed by atoms with van der Waals surface area (Å²) in [6.45, 7) is 2.91. The summed E-state index contributed by atoms with van der Waals surface area (Å²) in [4.78, 5) is 0. The van der Waals surface area contributed by atoms with Gasteiger partial charge >= 0.3 is 0 Å². The maximum absolute atomic E-state index is 6.11. The molecule has 2 N–H and O–H groups in total. The maximum Gasteiger partial charge on any atom is 0.133 e. The van der Waals surface area contributed by atoms with E-state index in [1.165, 1.54) is 43.2 Å². The number of hydrogen-bond acceptors (Lipinski definition) is 2. The molecule has 0 unspecified atom stereocenters. The monoisotopic (exact) mass is 311 g/mol. The lowest BCUT2D eigenvalue weighted by atomic mass is 9.68. The Balaban J connectivity index is 2.45. The normalized spacial score (nSPS) is 18.7. The molecule has 0 bridgehead atoms. The van der Waals surface area contributed by atoms with Gasteiger partial charge in [-0.15, -0.1) is 0 Å². The standard InChI is InChI=1S/C15H22BrNO/c1-11-8-14(18-2)13(16)9-12(11)15(10-17)6-4-3-5-7-15/h8-9H,3-7,10,17H2,1-2H3. The third kappa shape index (κ3) is 2.43. The number of ether oxygens (including phenoxy) is 1. The summed E-state index contributed by atoms with van der Waals surface area (Å²) in [7, 11) is 1.71. The first-order chi connectivity index (χ1) is 8.63. The predicted octanol–water partition coefficient (Wildman–Crippen LogP) is 3.93. The number of hydrogen-bond donors (Lipinski definition) is 1. The first kappa shape index (κ1) is 13.9. The zero-order chi connectivity index (χ0) is 13.2. The van der Waals surface area contributed by atoms with E-state index in [0.29, 0.717) is 0 Å². The van der Waals surface area contributed by atoms with Crippen LogP contribution in [0.25, 0.3) is 0 Å². The van der Waals surface area contributed by atoms with Crippen LogP contribution in [-0.2, 0) is 5.41 Å². The number of halogens is 1. The van der Waals surface area contributed by atoms with Crippen LogP contribution in [-0.4, -0.2) is 13.7 Å². The van der Waals surface area contributed by atoms with E-state index in [9.17, 15) is 0 Å². The first-order valence-electron chi connectivity index (χ1n) is 6.67. The van der Waals surface area contributed by atoms with Gasteiger partial charge in [-0.25, -0.2) is 0 Å². The van der Waals surface area contributed by atoms with Crippen molar-refractivity contribution in [2.45, 2.75) is 44.4 Å². The molecule has 1 aliphatic carbocycles. The van der Waals surface area contributed by atoms with E-state index in [0.717, 1.165) is 16.8 Å². The Kier molecular flexibility index (Phi) is 4.33. The highest BCUT2D eigenvalue weighted by molar-refractivity contribution is 9.10. The fraction of sp³-hybridized carbons (Fsp3) is 0.600. The van der Waals surface area contributed by atoms with E-state index in [-0.39, 0.29) is 5.41 Å². The molecule has 2 rings (SSSR count). The highest BCUT2D eigenvalue weighted by Crippen LogP contribution is 2.42. The molecule has 0 radical (unpaired) electrons. The van der Waals surface area contributed by atoms with Crippen LogP contribution in [0.15, 0.2) is 16.6 Å². The van der Waals surface area contributed by atoms with E-state index in [1.807, 2.05) is 0 Å². The minimum Gasteiger partial charge on any atom is -0.496 e. The van der Waals surface area contributed by atoms with E-state index in [4.69, 9.17) is 10.5 Å². The second-order valence-corrected chi connectivity index (χ2v) is 6.20. The second-order valence-electron chi connectivity index (χ2n) is 5.35. The lowest BCUT2D eigenvalue weighted by Gasteiger charge is -2.38.